The molecule has 1 heterocycles. The fraction of sp³-hybridized carbons (Fsp3) is 0.500. The molecule has 0 saturated carbocycles. The molecule has 0 unspecified atom stereocenters. The second-order valence-electron chi connectivity index (χ2n) is 5.97. The molecule has 1 amide bonds. The average molecular weight is 291 g/mol. The van der Waals surface area contributed by atoms with Gasteiger partial charge in [0.1, 0.15) is 18.0 Å². The Kier molecular flexibility index (Phi) is 4.50. The summed E-state index contributed by atoms with van der Waals surface area (Å²) in [4.78, 5) is 25.8. The van der Waals surface area contributed by atoms with Gasteiger partial charge < -0.3 is 14.4 Å². The Bertz CT molecular complexity index is 533. The Morgan fingerprint density at radius 1 is 1.33 bits per heavy atom. The summed E-state index contributed by atoms with van der Waals surface area (Å²) in [6.07, 6.45) is 0.186. The predicted octanol–water partition coefficient (Wildman–Crippen LogP) is 2.25. The number of fused-ring (bicyclic) bond motifs is 1. The second kappa shape index (κ2) is 6.16. The van der Waals surface area contributed by atoms with Gasteiger partial charge in [0.2, 0.25) is 0 Å². The first-order valence-corrected chi connectivity index (χ1v) is 7.10. The summed E-state index contributed by atoms with van der Waals surface area (Å²) >= 11 is 0. The molecular formula is C16H21NO4. The van der Waals surface area contributed by atoms with E-state index in [1.54, 1.807) is 23.1 Å². The lowest BCUT2D eigenvalue weighted by molar-refractivity contribution is -0.155. The molecule has 2 rings (SSSR count). The molecule has 0 spiro atoms. The summed E-state index contributed by atoms with van der Waals surface area (Å²) < 4.78 is 10.8. The maximum Gasteiger partial charge on any atom is 0.308 e. The van der Waals surface area contributed by atoms with Crippen molar-refractivity contribution >= 4 is 11.9 Å². The number of carbonyl (C=O) groups excluding carboxylic acids is 2. The van der Waals surface area contributed by atoms with Crippen molar-refractivity contribution in [3.63, 3.8) is 0 Å². The van der Waals surface area contributed by atoms with Gasteiger partial charge in [0.25, 0.3) is 5.91 Å². The number of hydrogen-bond donors (Lipinski definition) is 0. The molecule has 0 bridgehead atoms. The number of carbonyl (C=O) groups is 2. The molecule has 1 aliphatic rings. The molecule has 5 heteroatoms. The van der Waals surface area contributed by atoms with E-state index in [9.17, 15) is 9.59 Å². The third-order valence-electron chi connectivity index (χ3n) is 3.03. The molecule has 0 aliphatic carbocycles. The molecule has 1 aromatic carbocycles. The molecule has 0 atom stereocenters. The number of benzene rings is 1. The van der Waals surface area contributed by atoms with Gasteiger partial charge in [0, 0.05) is 6.54 Å². The average Bonchev–Trinajstić information content (AvgIpc) is 2.55. The molecule has 5 nitrogen and oxygen atoms in total. The number of esters is 1. The smallest absolute Gasteiger partial charge is 0.308 e. The fourth-order valence-electron chi connectivity index (χ4n) is 2.14. The van der Waals surface area contributed by atoms with Crippen LogP contribution in [0.5, 0.6) is 5.75 Å². The van der Waals surface area contributed by atoms with Crippen molar-refractivity contribution in [3.05, 3.63) is 29.8 Å². The summed E-state index contributed by atoms with van der Waals surface area (Å²) in [5.41, 5.74) is 0.0365. The molecule has 114 valence electrons. The van der Waals surface area contributed by atoms with Crippen LogP contribution in [0.25, 0.3) is 0 Å². The highest BCUT2D eigenvalue weighted by molar-refractivity contribution is 5.97. The molecule has 0 fully saturated rings. The quantitative estimate of drug-likeness (QED) is 0.802. The van der Waals surface area contributed by atoms with Gasteiger partial charge in [-0.05, 0) is 32.9 Å². The number of ether oxygens (including phenoxy) is 2. The molecule has 1 aromatic rings. The molecule has 0 aromatic heterocycles. The maximum absolute atomic E-state index is 12.4. The number of nitrogens with zero attached hydrogens (tertiary/aromatic N) is 1. The third-order valence-corrected chi connectivity index (χ3v) is 3.03. The van der Waals surface area contributed by atoms with Crippen molar-refractivity contribution in [2.45, 2.75) is 32.8 Å². The van der Waals surface area contributed by atoms with Crippen LogP contribution in [0.2, 0.25) is 0 Å². The first-order chi connectivity index (χ1) is 9.87. The molecule has 21 heavy (non-hydrogen) atoms. The minimum absolute atomic E-state index is 0.105. The zero-order valence-corrected chi connectivity index (χ0v) is 12.7. The van der Waals surface area contributed by atoms with Gasteiger partial charge in [-0.25, -0.2) is 0 Å². The van der Waals surface area contributed by atoms with Crippen LogP contribution in [-0.4, -0.2) is 42.1 Å². The number of para-hydroxylation sites is 1. The summed E-state index contributed by atoms with van der Waals surface area (Å²) in [7, 11) is 0. The van der Waals surface area contributed by atoms with E-state index in [1.165, 1.54) is 0 Å². The Balaban J connectivity index is 1.98. The van der Waals surface area contributed by atoms with Crippen LogP contribution in [0.15, 0.2) is 24.3 Å². The van der Waals surface area contributed by atoms with E-state index < -0.39 is 5.60 Å². The van der Waals surface area contributed by atoms with E-state index in [0.717, 1.165) is 0 Å². The van der Waals surface area contributed by atoms with Crippen LogP contribution in [0.1, 0.15) is 37.6 Å². The molecule has 0 saturated heterocycles. The normalized spacial score (nSPS) is 15.0. The zero-order chi connectivity index (χ0) is 15.5. The van der Waals surface area contributed by atoms with Gasteiger partial charge in [0.15, 0.2) is 0 Å². The summed E-state index contributed by atoms with van der Waals surface area (Å²) in [6.45, 7) is 6.71. The summed E-state index contributed by atoms with van der Waals surface area (Å²) in [5.74, 6) is 0.197. The molecular weight excluding hydrogens is 270 g/mol. The second-order valence-corrected chi connectivity index (χ2v) is 5.97. The van der Waals surface area contributed by atoms with Crippen LogP contribution in [0.3, 0.4) is 0 Å². The third kappa shape index (κ3) is 4.21. The predicted molar refractivity (Wildman–Crippen MR) is 78.3 cm³/mol. The Hall–Kier alpha value is -2.04. The highest BCUT2D eigenvalue weighted by atomic mass is 16.6. The van der Waals surface area contributed by atoms with E-state index in [-0.39, 0.29) is 18.3 Å². The monoisotopic (exact) mass is 291 g/mol. The standard InChI is InChI=1S/C16H21NO4/c1-16(2,3)21-14(18)8-9-17-10-11-20-13-7-5-4-6-12(13)15(17)19/h4-7H,8-11H2,1-3H3. The molecule has 0 radical (unpaired) electrons. The largest absolute Gasteiger partial charge is 0.491 e. The van der Waals surface area contributed by atoms with E-state index in [1.807, 2.05) is 26.8 Å². The zero-order valence-electron chi connectivity index (χ0n) is 12.7. The van der Waals surface area contributed by atoms with E-state index in [4.69, 9.17) is 9.47 Å². The maximum atomic E-state index is 12.4. The van der Waals surface area contributed by atoms with Crippen molar-refractivity contribution < 1.29 is 19.1 Å². The van der Waals surface area contributed by atoms with Gasteiger partial charge in [-0.1, -0.05) is 12.1 Å². The van der Waals surface area contributed by atoms with E-state index in [0.29, 0.717) is 31.0 Å². The van der Waals surface area contributed by atoms with E-state index in [2.05, 4.69) is 0 Å². The number of rotatable bonds is 3. The Labute approximate surface area is 124 Å². The van der Waals surface area contributed by atoms with E-state index >= 15 is 0 Å². The number of hydrogen-bond acceptors (Lipinski definition) is 4. The van der Waals surface area contributed by atoms with Crippen molar-refractivity contribution in [3.8, 4) is 5.75 Å². The highest BCUT2D eigenvalue weighted by Gasteiger charge is 2.24. The van der Waals surface area contributed by atoms with Crippen molar-refractivity contribution in [2.75, 3.05) is 19.7 Å². The first kappa shape index (κ1) is 15.4. The van der Waals surface area contributed by atoms with Crippen LogP contribution < -0.4 is 4.74 Å². The Morgan fingerprint density at radius 2 is 2.05 bits per heavy atom. The van der Waals surface area contributed by atoms with Gasteiger partial charge in [0.05, 0.1) is 18.5 Å². The van der Waals surface area contributed by atoms with Crippen LogP contribution in [0, 0.1) is 0 Å². The Morgan fingerprint density at radius 3 is 2.76 bits per heavy atom. The lowest BCUT2D eigenvalue weighted by Crippen LogP contribution is -2.35. The SMILES string of the molecule is CC(C)(C)OC(=O)CCN1CCOc2ccccc2C1=O. The first-order valence-electron chi connectivity index (χ1n) is 7.10. The molecule has 0 N–H and O–H groups in total. The highest BCUT2D eigenvalue weighted by Crippen LogP contribution is 2.22. The van der Waals surface area contributed by atoms with Crippen LogP contribution in [-0.2, 0) is 9.53 Å². The van der Waals surface area contributed by atoms with Crippen molar-refractivity contribution in [2.24, 2.45) is 0 Å². The minimum Gasteiger partial charge on any atom is -0.491 e. The fourth-order valence-corrected chi connectivity index (χ4v) is 2.14. The summed E-state index contributed by atoms with van der Waals surface area (Å²) in [5, 5.41) is 0. The van der Waals surface area contributed by atoms with Crippen LogP contribution >= 0.6 is 0 Å². The van der Waals surface area contributed by atoms with Gasteiger partial charge in [-0.2, -0.15) is 0 Å². The van der Waals surface area contributed by atoms with Crippen LogP contribution in [0.4, 0.5) is 0 Å². The van der Waals surface area contributed by atoms with Gasteiger partial charge in [-0.15, -0.1) is 0 Å². The van der Waals surface area contributed by atoms with Crippen molar-refractivity contribution in [1.82, 2.24) is 4.90 Å². The lowest BCUT2D eigenvalue weighted by Gasteiger charge is -2.22. The van der Waals surface area contributed by atoms with Gasteiger partial charge in [-0.3, -0.25) is 9.59 Å². The summed E-state index contributed by atoms with van der Waals surface area (Å²) in [6, 6.07) is 7.16. The number of amides is 1. The minimum atomic E-state index is -0.504. The topological polar surface area (TPSA) is 55.8 Å². The molecule has 1 aliphatic heterocycles. The van der Waals surface area contributed by atoms with Gasteiger partial charge >= 0.3 is 5.97 Å². The van der Waals surface area contributed by atoms with Crippen molar-refractivity contribution in [1.29, 1.82) is 0 Å². The lowest BCUT2D eigenvalue weighted by atomic mass is 10.1.